The number of carboxylic acid groups (broad SMARTS) is 1. The second-order valence-electron chi connectivity index (χ2n) is 12.9. The predicted molar refractivity (Wildman–Crippen MR) is 226 cm³/mol. The maximum absolute atomic E-state index is 13.3. The molecule has 1 unspecified atom stereocenters. The van der Waals surface area contributed by atoms with Gasteiger partial charge in [-0.2, -0.15) is 37.2 Å². The molecule has 7 N–H and O–H groups in total. The molecule has 0 saturated carbocycles. The van der Waals surface area contributed by atoms with Crippen LogP contribution in [0.3, 0.4) is 0 Å². The van der Waals surface area contributed by atoms with E-state index in [0.717, 1.165) is 30.3 Å². The highest BCUT2D eigenvalue weighted by atomic mass is 32.2. The Kier molecular flexibility index (Phi) is 15.3. The van der Waals surface area contributed by atoms with E-state index in [1.807, 2.05) is 0 Å². The number of methoxy groups -OCH3 is 1. The quantitative estimate of drug-likeness (QED) is 0.0155. The first-order chi connectivity index (χ1) is 31.5. The largest absolute Gasteiger partial charge is 0.505 e. The van der Waals surface area contributed by atoms with Crippen LogP contribution in [-0.4, -0.2) is 109 Å². The van der Waals surface area contributed by atoms with Gasteiger partial charge in [-0.15, -0.1) is 24.8 Å². The molecule has 0 radical (unpaired) electrons. The van der Waals surface area contributed by atoms with Crippen LogP contribution in [0.5, 0.6) is 23.0 Å². The molecule has 0 saturated heterocycles. The molecule has 0 aliphatic carbocycles. The van der Waals surface area contributed by atoms with E-state index in [2.05, 4.69) is 45.2 Å². The SMILES string of the molecule is COc1ccc(N=Nc2cc(OCCO)c(N=Nc3c(SOOO)cc4cc(/N=N/C5C(=O)N(c6ccc(S(=O)(=O)O)cc6)N=C5C(=O)O)ccc4c3O)cc2OCCO)c(S(=O)(=O)O)c1. The summed E-state index contributed by atoms with van der Waals surface area (Å²) in [4.78, 5) is 24.2. The molecule has 29 heteroatoms. The molecular weight excluding hydrogens is 941 g/mol. The van der Waals surface area contributed by atoms with Gasteiger partial charge in [-0.25, -0.2) is 10.1 Å². The number of hydrogen-bond donors (Lipinski definition) is 7. The molecule has 0 spiro atoms. The third-order valence-electron chi connectivity index (χ3n) is 8.69. The molecule has 1 atom stereocenters. The number of benzene rings is 5. The monoisotopic (exact) mass is 972 g/mol. The number of anilines is 1. The first kappa shape index (κ1) is 48.4. The molecular formula is C37H32N8O18S3. The molecule has 0 aromatic heterocycles. The number of amides is 1. The molecule has 0 fully saturated rings. The molecule has 26 nitrogen and oxygen atoms in total. The van der Waals surface area contributed by atoms with Crippen molar-refractivity contribution in [3.05, 3.63) is 78.9 Å². The maximum Gasteiger partial charge on any atom is 0.355 e. The average molecular weight is 973 g/mol. The van der Waals surface area contributed by atoms with Crippen molar-refractivity contribution in [2.75, 3.05) is 38.5 Å². The van der Waals surface area contributed by atoms with Crippen LogP contribution in [0, 0.1) is 0 Å². The molecule has 1 amide bonds. The Morgan fingerprint density at radius 2 is 1.44 bits per heavy atom. The summed E-state index contributed by atoms with van der Waals surface area (Å²) in [6.07, 6.45) is 0. The van der Waals surface area contributed by atoms with Crippen molar-refractivity contribution in [3.63, 3.8) is 0 Å². The number of carboxylic acids is 1. The number of aromatic hydroxyl groups is 1. The van der Waals surface area contributed by atoms with Gasteiger partial charge in [0.05, 0.1) is 53.5 Å². The summed E-state index contributed by atoms with van der Waals surface area (Å²) in [5.41, 5.74) is -1.48. The number of azo groups is 3. The number of aliphatic hydroxyl groups is 2. The minimum atomic E-state index is -4.80. The highest BCUT2D eigenvalue weighted by Gasteiger charge is 2.41. The van der Waals surface area contributed by atoms with Gasteiger partial charge < -0.3 is 34.6 Å². The Hall–Kier alpha value is -7.06. The molecule has 5 aromatic carbocycles. The van der Waals surface area contributed by atoms with E-state index in [1.165, 1.54) is 55.6 Å². The Morgan fingerprint density at radius 1 is 0.803 bits per heavy atom. The van der Waals surface area contributed by atoms with Gasteiger partial charge in [0.25, 0.3) is 26.1 Å². The van der Waals surface area contributed by atoms with Crippen LogP contribution in [0.1, 0.15) is 0 Å². The van der Waals surface area contributed by atoms with Crippen LogP contribution in [-0.2, 0) is 39.2 Å². The number of ether oxygens (including phenoxy) is 3. The third kappa shape index (κ3) is 11.2. The van der Waals surface area contributed by atoms with Crippen molar-refractivity contribution < 1.29 is 84.8 Å². The van der Waals surface area contributed by atoms with Gasteiger partial charge in [0.1, 0.15) is 58.1 Å². The number of nitrogens with zero attached hydrogens (tertiary/aromatic N) is 8. The zero-order valence-corrected chi connectivity index (χ0v) is 35.8. The van der Waals surface area contributed by atoms with E-state index < -0.39 is 72.6 Å². The standard InChI is InChI=1S/C37H32N8O18S3/c1-59-22-5-9-25(31(16-22)66(56,57)58)39-40-26-17-29(61-13-11-47)27(18-28(26)60-12-10-46)41-42-32-30(64-63-62-52)15-19-14-20(2-8-24(19)35(32)48)38-43-33-34(37(50)51)44-45(36(33)49)21-3-6-23(7-4-21)65(53,54)55/h2-9,14-18,33,46-48,52H,10-13H2,1H3,(H,50,51)(H,53,54,55)(H,56,57,58)/b40-39?,42-41?,43-38+. The summed E-state index contributed by atoms with van der Waals surface area (Å²) in [6, 6.07) is 14.0. The number of aliphatic carboxylic acids is 1. The Bertz CT molecular complexity index is 3030. The summed E-state index contributed by atoms with van der Waals surface area (Å²) < 4.78 is 87.1. The minimum Gasteiger partial charge on any atom is -0.505 e. The van der Waals surface area contributed by atoms with Crippen molar-refractivity contribution in [1.29, 1.82) is 0 Å². The number of phenols is 1. The van der Waals surface area contributed by atoms with Gasteiger partial charge in [0.2, 0.25) is 6.04 Å². The number of phenolic OH excluding ortho intramolecular Hbond substituents is 1. The van der Waals surface area contributed by atoms with Gasteiger partial charge >= 0.3 is 5.97 Å². The summed E-state index contributed by atoms with van der Waals surface area (Å²) >= 11 is 0.368. The van der Waals surface area contributed by atoms with Crippen molar-refractivity contribution >= 4 is 94.8 Å². The minimum absolute atomic E-state index is 0.0372. The summed E-state index contributed by atoms with van der Waals surface area (Å²) in [6.45, 7) is -1.49. The molecule has 1 aliphatic heterocycles. The third-order valence-corrected chi connectivity index (χ3v) is 11.1. The average Bonchev–Trinajstić information content (AvgIpc) is 3.63. The van der Waals surface area contributed by atoms with Crippen molar-refractivity contribution in [2.24, 2.45) is 35.8 Å². The number of hydrogen-bond acceptors (Lipinski definition) is 23. The van der Waals surface area contributed by atoms with Crippen molar-refractivity contribution in [1.82, 2.24) is 0 Å². The molecule has 5 aromatic rings. The first-order valence-corrected chi connectivity index (χ1v) is 21.8. The molecule has 1 heterocycles. The molecule has 346 valence electrons. The van der Waals surface area contributed by atoms with Crippen LogP contribution in [0.15, 0.2) is 129 Å². The fourth-order valence-electron chi connectivity index (χ4n) is 5.75. The molecule has 6 rings (SSSR count). The highest BCUT2D eigenvalue weighted by molar-refractivity contribution is 7.94. The fraction of sp³-hybridized carbons (Fsp3) is 0.162. The fourth-order valence-corrected chi connectivity index (χ4v) is 7.36. The zero-order chi connectivity index (χ0) is 47.8. The molecule has 66 heavy (non-hydrogen) atoms. The van der Waals surface area contributed by atoms with Crippen LogP contribution in [0.25, 0.3) is 10.8 Å². The van der Waals surface area contributed by atoms with E-state index in [4.69, 9.17) is 19.5 Å². The Balaban J connectivity index is 1.35. The first-order valence-electron chi connectivity index (χ1n) is 18.2. The molecule has 0 bridgehead atoms. The Labute approximate surface area is 375 Å². The number of fused-ring (bicyclic) bond motifs is 1. The lowest BCUT2D eigenvalue weighted by molar-refractivity contribution is -0.432. The smallest absolute Gasteiger partial charge is 0.355 e. The van der Waals surface area contributed by atoms with E-state index in [1.54, 1.807) is 0 Å². The summed E-state index contributed by atoms with van der Waals surface area (Å²) in [5.74, 6) is -3.18. The van der Waals surface area contributed by atoms with Crippen molar-refractivity contribution in [2.45, 2.75) is 20.7 Å². The van der Waals surface area contributed by atoms with Crippen LogP contribution in [0.4, 0.5) is 34.1 Å². The van der Waals surface area contributed by atoms with Gasteiger partial charge in [0.15, 0.2) is 11.5 Å². The zero-order valence-electron chi connectivity index (χ0n) is 33.3. The molecule has 1 aliphatic rings. The second-order valence-corrected chi connectivity index (χ2v) is 16.4. The van der Waals surface area contributed by atoms with Crippen LogP contribution < -0.4 is 19.2 Å². The van der Waals surface area contributed by atoms with E-state index in [-0.39, 0.29) is 80.3 Å². The van der Waals surface area contributed by atoms with Crippen LogP contribution in [0.2, 0.25) is 0 Å². The lowest BCUT2D eigenvalue weighted by Gasteiger charge is -2.13. The topological polar surface area (TPSA) is 380 Å². The number of aliphatic hydroxyl groups excluding tert-OH is 2. The van der Waals surface area contributed by atoms with E-state index >= 15 is 0 Å². The van der Waals surface area contributed by atoms with E-state index in [9.17, 15) is 56.0 Å². The van der Waals surface area contributed by atoms with Gasteiger partial charge in [-0.05, 0) is 66.0 Å². The van der Waals surface area contributed by atoms with Crippen LogP contribution >= 0.6 is 12.0 Å². The lowest BCUT2D eigenvalue weighted by atomic mass is 10.1. The second kappa shape index (κ2) is 20.8. The number of rotatable bonds is 20. The lowest BCUT2D eigenvalue weighted by Crippen LogP contribution is -2.33. The van der Waals surface area contributed by atoms with Gasteiger partial charge in [-0.3, -0.25) is 13.9 Å². The van der Waals surface area contributed by atoms with Gasteiger partial charge in [-0.1, -0.05) is 5.04 Å². The normalized spacial score (nSPS) is 14.5. The Morgan fingerprint density at radius 3 is 2.02 bits per heavy atom. The summed E-state index contributed by atoms with van der Waals surface area (Å²) in [7, 11) is -8.08. The summed E-state index contributed by atoms with van der Waals surface area (Å²) in [5, 5.41) is 82.1. The predicted octanol–water partition coefficient (Wildman–Crippen LogP) is 5.99. The van der Waals surface area contributed by atoms with Crippen molar-refractivity contribution in [3.8, 4) is 23.0 Å². The van der Waals surface area contributed by atoms with Gasteiger partial charge in [0, 0.05) is 23.6 Å². The van der Waals surface area contributed by atoms with E-state index in [0.29, 0.717) is 17.1 Å². The maximum atomic E-state index is 13.3. The number of carbonyl (C=O) groups is 2. The number of carbonyl (C=O) groups excluding carboxylic acids is 1. The highest BCUT2D eigenvalue weighted by Crippen LogP contribution is 2.47. The number of hydrazone groups is 1.